The van der Waals surface area contributed by atoms with E-state index in [1.165, 1.54) is 0 Å². The van der Waals surface area contributed by atoms with Gasteiger partial charge in [-0.05, 0) is 61.2 Å². The molecule has 3 aromatic rings. The fourth-order valence-corrected chi connectivity index (χ4v) is 4.86. The Morgan fingerprint density at radius 2 is 1.59 bits per heavy atom. The maximum Gasteiger partial charge on any atom is 0.264 e. The summed E-state index contributed by atoms with van der Waals surface area (Å²) in [4.78, 5) is 12.9. The van der Waals surface area contributed by atoms with Gasteiger partial charge < -0.3 is 10.1 Å². The molecule has 0 heterocycles. The molecule has 0 fully saturated rings. The van der Waals surface area contributed by atoms with Crippen LogP contribution < -0.4 is 14.4 Å². The summed E-state index contributed by atoms with van der Waals surface area (Å²) in [6, 6.07) is 21.5. The van der Waals surface area contributed by atoms with Gasteiger partial charge in [-0.15, -0.1) is 0 Å². The number of nitrogens with zero attached hydrogens (tertiary/aromatic N) is 1. The van der Waals surface area contributed by atoms with Gasteiger partial charge in [-0.25, -0.2) is 8.42 Å². The van der Waals surface area contributed by atoms with Crippen LogP contribution in [0.5, 0.6) is 5.75 Å². The molecule has 0 bridgehead atoms. The summed E-state index contributed by atoms with van der Waals surface area (Å²) in [6.45, 7) is 8.20. The Hall–Kier alpha value is -3.32. The number of aryl methyl sites for hydroxylation is 2. The second-order valence-corrected chi connectivity index (χ2v) is 10.4. The van der Waals surface area contributed by atoms with Gasteiger partial charge in [0, 0.05) is 0 Å². The van der Waals surface area contributed by atoms with Crippen LogP contribution in [0, 0.1) is 13.8 Å². The maximum absolute atomic E-state index is 13.5. The van der Waals surface area contributed by atoms with Gasteiger partial charge in [-0.1, -0.05) is 61.9 Å². The topological polar surface area (TPSA) is 75.7 Å². The Labute approximate surface area is 202 Å². The lowest BCUT2D eigenvalue weighted by Gasteiger charge is -2.24. The number of rotatable bonds is 10. The van der Waals surface area contributed by atoms with Gasteiger partial charge >= 0.3 is 0 Å². The zero-order valence-electron chi connectivity index (χ0n) is 20.1. The summed E-state index contributed by atoms with van der Waals surface area (Å²) in [5.74, 6) is 0.662. The fourth-order valence-electron chi connectivity index (χ4n) is 3.43. The summed E-state index contributed by atoms with van der Waals surface area (Å²) in [7, 11) is -3.94. The van der Waals surface area contributed by atoms with Crippen LogP contribution in [0.25, 0.3) is 0 Å². The van der Waals surface area contributed by atoms with Crippen LogP contribution in [0.1, 0.15) is 36.5 Å². The summed E-state index contributed by atoms with van der Waals surface area (Å²) < 4.78 is 33.8. The number of hydrogen-bond acceptors (Lipinski definition) is 4. The Balaban J connectivity index is 1.74. The number of amides is 1. The highest BCUT2D eigenvalue weighted by Gasteiger charge is 2.27. The number of ether oxygens (including phenoxy) is 1. The van der Waals surface area contributed by atoms with Crippen molar-refractivity contribution in [2.24, 2.45) is 0 Å². The lowest BCUT2D eigenvalue weighted by atomic mass is 10.0. The van der Waals surface area contributed by atoms with Crippen molar-refractivity contribution in [1.29, 1.82) is 0 Å². The van der Waals surface area contributed by atoms with Crippen molar-refractivity contribution in [1.82, 2.24) is 5.32 Å². The molecule has 0 aromatic heterocycles. The molecule has 0 aliphatic rings. The molecule has 1 N–H and O–H groups in total. The lowest BCUT2D eigenvalue weighted by Crippen LogP contribution is -2.42. The van der Waals surface area contributed by atoms with E-state index in [2.05, 4.69) is 19.2 Å². The SMILES string of the molecule is Cc1ccc(S(=O)(=O)N(CC(=O)NCCOc2ccccc2C)c2ccc(C(C)C)cc2)cc1. The quantitative estimate of drug-likeness (QED) is 0.422. The average molecular weight is 481 g/mol. The van der Waals surface area contributed by atoms with Crippen LogP contribution in [0.3, 0.4) is 0 Å². The zero-order valence-corrected chi connectivity index (χ0v) is 20.9. The molecule has 0 atom stereocenters. The predicted octanol–water partition coefficient (Wildman–Crippen LogP) is 4.82. The van der Waals surface area contributed by atoms with E-state index in [1.807, 2.05) is 50.2 Å². The van der Waals surface area contributed by atoms with Crippen molar-refractivity contribution in [2.75, 3.05) is 24.0 Å². The molecule has 6 nitrogen and oxygen atoms in total. The summed E-state index contributed by atoms with van der Waals surface area (Å²) >= 11 is 0. The van der Waals surface area contributed by atoms with Gasteiger partial charge in [0.15, 0.2) is 0 Å². The first-order valence-corrected chi connectivity index (χ1v) is 12.8. The van der Waals surface area contributed by atoms with Gasteiger partial charge in [-0.3, -0.25) is 9.10 Å². The average Bonchev–Trinajstić information content (AvgIpc) is 2.81. The number of anilines is 1. The first-order valence-electron chi connectivity index (χ1n) is 11.3. The number of carbonyl (C=O) groups excluding carboxylic acids is 1. The highest BCUT2D eigenvalue weighted by Crippen LogP contribution is 2.26. The van der Waals surface area contributed by atoms with E-state index in [9.17, 15) is 13.2 Å². The van der Waals surface area contributed by atoms with Crippen molar-refractivity contribution in [3.63, 3.8) is 0 Å². The van der Waals surface area contributed by atoms with Crippen LogP contribution >= 0.6 is 0 Å². The van der Waals surface area contributed by atoms with E-state index < -0.39 is 15.9 Å². The molecule has 34 heavy (non-hydrogen) atoms. The van der Waals surface area contributed by atoms with E-state index in [0.717, 1.165) is 26.7 Å². The number of benzene rings is 3. The number of nitrogens with one attached hydrogen (secondary N) is 1. The van der Waals surface area contributed by atoms with Crippen molar-refractivity contribution in [3.8, 4) is 5.75 Å². The van der Waals surface area contributed by atoms with Gasteiger partial charge in [0.1, 0.15) is 18.9 Å². The van der Waals surface area contributed by atoms with E-state index in [0.29, 0.717) is 11.6 Å². The van der Waals surface area contributed by atoms with Crippen LogP contribution in [0.2, 0.25) is 0 Å². The highest BCUT2D eigenvalue weighted by molar-refractivity contribution is 7.92. The monoisotopic (exact) mass is 480 g/mol. The molecule has 0 aliphatic carbocycles. The number of sulfonamides is 1. The molecule has 0 saturated carbocycles. The number of carbonyl (C=O) groups is 1. The van der Waals surface area contributed by atoms with Gasteiger partial charge in [0.05, 0.1) is 17.1 Å². The Bertz CT molecular complexity index is 1200. The molecule has 0 spiro atoms. The predicted molar refractivity (Wildman–Crippen MR) is 136 cm³/mol. The normalized spacial score (nSPS) is 11.3. The van der Waals surface area contributed by atoms with Crippen LogP contribution in [0.15, 0.2) is 77.7 Å². The van der Waals surface area contributed by atoms with Crippen LogP contribution in [-0.4, -0.2) is 34.0 Å². The molecule has 0 saturated heterocycles. The van der Waals surface area contributed by atoms with Gasteiger partial charge in [-0.2, -0.15) is 0 Å². The van der Waals surface area contributed by atoms with E-state index in [-0.39, 0.29) is 24.6 Å². The third-order valence-corrected chi connectivity index (χ3v) is 7.31. The molecule has 0 unspecified atom stereocenters. The Morgan fingerprint density at radius 3 is 2.21 bits per heavy atom. The molecule has 0 aliphatic heterocycles. The van der Waals surface area contributed by atoms with E-state index >= 15 is 0 Å². The lowest BCUT2D eigenvalue weighted by molar-refractivity contribution is -0.119. The fraction of sp³-hybridized carbons (Fsp3) is 0.296. The molecule has 7 heteroatoms. The van der Waals surface area contributed by atoms with Gasteiger partial charge in [0.2, 0.25) is 5.91 Å². The Morgan fingerprint density at radius 1 is 0.941 bits per heavy atom. The van der Waals surface area contributed by atoms with E-state index in [4.69, 9.17) is 4.74 Å². The van der Waals surface area contributed by atoms with Crippen LogP contribution in [-0.2, 0) is 14.8 Å². The largest absolute Gasteiger partial charge is 0.491 e. The number of para-hydroxylation sites is 1. The first-order chi connectivity index (χ1) is 16.2. The second kappa shape index (κ2) is 11.2. The molecule has 3 rings (SSSR count). The van der Waals surface area contributed by atoms with E-state index in [1.54, 1.807) is 36.4 Å². The minimum atomic E-state index is -3.94. The summed E-state index contributed by atoms with van der Waals surface area (Å²) in [6.07, 6.45) is 0. The first kappa shape index (κ1) is 25.3. The molecule has 180 valence electrons. The van der Waals surface area contributed by atoms with Crippen LogP contribution in [0.4, 0.5) is 5.69 Å². The maximum atomic E-state index is 13.5. The third-order valence-electron chi connectivity index (χ3n) is 5.52. The zero-order chi connectivity index (χ0) is 24.7. The van der Waals surface area contributed by atoms with Crippen molar-refractivity contribution in [3.05, 3.63) is 89.5 Å². The molecule has 1 amide bonds. The summed E-state index contributed by atoms with van der Waals surface area (Å²) in [5, 5.41) is 2.76. The van der Waals surface area contributed by atoms with Crippen molar-refractivity contribution >= 4 is 21.6 Å². The second-order valence-electron chi connectivity index (χ2n) is 8.53. The molecule has 3 aromatic carbocycles. The minimum absolute atomic E-state index is 0.140. The number of hydrogen-bond donors (Lipinski definition) is 1. The smallest absolute Gasteiger partial charge is 0.264 e. The minimum Gasteiger partial charge on any atom is -0.491 e. The molecular formula is C27H32N2O4S. The Kier molecular flexibility index (Phi) is 8.34. The summed E-state index contributed by atoms with van der Waals surface area (Å²) in [5.41, 5.74) is 3.50. The standard InChI is InChI=1S/C27H32N2O4S/c1-20(2)23-11-13-24(14-12-23)29(34(31,32)25-15-9-21(3)10-16-25)19-27(30)28-17-18-33-26-8-6-5-7-22(26)4/h5-16,20H,17-19H2,1-4H3,(H,28,30). The molecular weight excluding hydrogens is 448 g/mol. The third kappa shape index (κ3) is 6.38. The van der Waals surface area contributed by atoms with Gasteiger partial charge in [0.25, 0.3) is 10.0 Å². The highest BCUT2D eigenvalue weighted by atomic mass is 32.2. The van der Waals surface area contributed by atoms with Crippen molar-refractivity contribution in [2.45, 2.75) is 38.5 Å². The van der Waals surface area contributed by atoms with Crippen molar-refractivity contribution < 1.29 is 17.9 Å². The molecule has 0 radical (unpaired) electrons.